The summed E-state index contributed by atoms with van der Waals surface area (Å²) in [5.74, 6) is 0.827. The highest BCUT2D eigenvalue weighted by atomic mass is 16.3. The fraction of sp³-hybridized carbons (Fsp3) is 0.438. The lowest BCUT2D eigenvalue weighted by Gasteiger charge is -2.32. The van der Waals surface area contributed by atoms with E-state index >= 15 is 0 Å². The first-order valence-corrected chi connectivity index (χ1v) is 7.68. The molecule has 23 heavy (non-hydrogen) atoms. The number of amides is 1. The van der Waals surface area contributed by atoms with Crippen LogP contribution < -0.4 is 0 Å². The highest BCUT2D eigenvalue weighted by molar-refractivity contribution is 5.90. The summed E-state index contributed by atoms with van der Waals surface area (Å²) in [6.07, 6.45) is 6.62. The lowest BCUT2D eigenvalue weighted by atomic mass is 9.92. The molecule has 0 aromatic carbocycles. The average molecular weight is 313 g/mol. The van der Waals surface area contributed by atoms with E-state index in [9.17, 15) is 9.90 Å². The maximum atomic E-state index is 12.5. The molecule has 1 aliphatic heterocycles. The molecule has 1 unspecified atom stereocenters. The summed E-state index contributed by atoms with van der Waals surface area (Å²) in [6, 6.07) is 1.69. The van der Waals surface area contributed by atoms with Gasteiger partial charge in [0.2, 0.25) is 5.82 Å². The van der Waals surface area contributed by atoms with Gasteiger partial charge in [-0.3, -0.25) is 4.79 Å². The molecule has 0 bridgehead atoms. The molecule has 1 N–H and O–H groups in total. The van der Waals surface area contributed by atoms with Crippen LogP contribution in [0.5, 0.6) is 0 Å². The number of aliphatic hydroxyl groups excluding tert-OH is 1. The monoisotopic (exact) mass is 313 g/mol. The number of hydrogen-bond acceptors (Lipinski definition) is 6. The minimum Gasteiger partial charge on any atom is -0.392 e. The Labute approximate surface area is 134 Å². The number of carbonyl (C=O) groups is 1. The molecule has 7 nitrogen and oxygen atoms in total. The second-order valence-corrected chi connectivity index (χ2v) is 5.65. The Bertz CT molecular complexity index is 692. The standard InChI is InChI=1S/C16H19N5O2/c1-11-19-8-13(10-22)14(20-11)12-4-2-7-21(9-12)16(23)15-17-5-3-6-18-15/h3,5-6,8,12,22H,2,4,7,9-10H2,1H3. The molecule has 2 aromatic rings. The van der Waals surface area contributed by atoms with E-state index in [-0.39, 0.29) is 24.3 Å². The first-order valence-electron chi connectivity index (χ1n) is 7.68. The molecule has 0 radical (unpaired) electrons. The summed E-state index contributed by atoms with van der Waals surface area (Å²) < 4.78 is 0. The summed E-state index contributed by atoms with van der Waals surface area (Å²) in [5.41, 5.74) is 1.57. The second-order valence-electron chi connectivity index (χ2n) is 5.65. The fourth-order valence-corrected chi connectivity index (χ4v) is 2.92. The second kappa shape index (κ2) is 6.78. The molecule has 1 saturated heterocycles. The van der Waals surface area contributed by atoms with Crippen LogP contribution in [0.25, 0.3) is 0 Å². The number of aromatic nitrogens is 4. The SMILES string of the molecule is Cc1ncc(CO)c(C2CCCN(C(=O)c3ncccn3)C2)n1. The molecule has 1 fully saturated rings. The van der Waals surface area contributed by atoms with Crippen molar-refractivity contribution in [1.29, 1.82) is 0 Å². The van der Waals surface area contributed by atoms with E-state index in [0.717, 1.165) is 24.1 Å². The molecule has 3 heterocycles. The van der Waals surface area contributed by atoms with Crippen molar-refractivity contribution >= 4 is 5.91 Å². The molecule has 0 saturated carbocycles. The van der Waals surface area contributed by atoms with E-state index in [4.69, 9.17) is 0 Å². The third-order valence-corrected chi connectivity index (χ3v) is 4.04. The molecule has 3 rings (SSSR count). The van der Waals surface area contributed by atoms with Crippen LogP contribution in [0.3, 0.4) is 0 Å². The van der Waals surface area contributed by atoms with E-state index in [2.05, 4.69) is 19.9 Å². The van der Waals surface area contributed by atoms with Crippen LogP contribution in [0, 0.1) is 6.92 Å². The van der Waals surface area contributed by atoms with Crippen molar-refractivity contribution in [2.24, 2.45) is 0 Å². The highest BCUT2D eigenvalue weighted by Gasteiger charge is 2.28. The van der Waals surface area contributed by atoms with Crippen LogP contribution in [-0.4, -0.2) is 48.9 Å². The van der Waals surface area contributed by atoms with Gasteiger partial charge in [0.1, 0.15) is 5.82 Å². The van der Waals surface area contributed by atoms with E-state index in [0.29, 0.717) is 18.9 Å². The number of carbonyl (C=O) groups excluding carboxylic acids is 1. The van der Waals surface area contributed by atoms with Gasteiger partial charge in [-0.15, -0.1) is 0 Å². The molecule has 0 aliphatic carbocycles. The zero-order valence-corrected chi connectivity index (χ0v) is 13.0. The minimum absolute atomic E-state index is 0.0954. The van der Waals surface area contributed by atoms with Crippen molar-refractivity contribution < 1.29 is 9.90 Å². The van der Waals surface area contributed by atoms with Crippen molar-refractivity contribution in [3.63, 3.8) is 0 Å². The van der Waals surface area contributed by atoms with Crippen LogP contribution in [-0.2, 0) is 6.61 Å². The third-order valence-electron chi connectivity index (χ3n) is 4.04. The maximum absolute atomic E-state index is 12.5. The van der Waals surface area contributed by atoms with Gasteiger partial charge in [0.25, 0.3) is 5.91 Å². The Morgan fingerprint density at radius 3 is 2.87 bits per heavy atom. The van der Waals surface area contributed by atoms with Gasteiger partial charge in [0.15, 0.2) is 0 Å². The zero-order chi connectivity index (χ0) is 16.2. The smallest absolute Gasteiger partial charge is 0.291 e. The van der Waals surface area contributed by atoms with Crippen molar-refractivity contribution in [2.75, 3.05) is 13.1 Å². The molecular formula is C16H19N5O2. The quantitative estimate of drug-likeness (QED) is 0.912. The number of likely N-dealkylation sites (tertiary alicyclic amines) is 1. The molecule has 7 heteroatoms. The summed E-state index contributed by atoms with van der Waals surface area (Å²) in [4.78, 5) is 31.0. The van der Waals surface area contributed by atoms with Crippen LogP contribution >= 0.6 is 0 Å². The predicted molar refractivity (Wildman–Crippen MR) is 82.6 cm³/mol. The Hall–Kier alpha value is -2.41. The Kier molecular flexibility index (Phi) is 4.57. The maximum Gasteiger partial charge on any atom is 0.291 e. The van der Waals surface area contributed by atoms with Crippen LogP contribution in [0.1, 0.15) is 46.5 Å². The van der Waals surface area contributed by atoms with Gasteiger partial charge in [0, 0.05) is 43.2 Å². The van der Waals surface area contributed by atoms with E-state index in [1.165, 1.54) is 0 Å². The average Bonchev–Trinajstić information content (AvgIpc) is 2.62. The minimum atomic E-state index is -0.161. The lowest BCUT2D eigenvalue weighted by molar-refractivity contribution is 0.0692. The van der Waals surface area contributed by atoms with Gasteiger partial charge in [-0.1, -0.05) is 0 Å². The Balaban J connectivity index is 1.81. The summed E-state index contributed by atoms with van der Waals surface area (Å²) in [7, 11) is 0. The molecular weight excluding hydrogens is 294 g/mol. The van der Waals surface area contributed by atoms with Gasteiger partial charge in [0.05, 0.1) is 12.3 Å². The molecule has 2 aromatic heterocycles. The molecule has 1 aliphatic rings. The summed E-state index contributed by atoms with van der Waals surface area (Å²) in [6.45, 7) is 2.97. The topological polar surface area (TPSA) is 92.1 Å². The van der Waals surface area contributed by atoms with Crippen molar-refractivity contribution in [3.05, 3.63) is 47.6 Å². The first-order chi connectivity index (χ1) is 11.2. The van der Waals surface area contributed by atoms with E-state index in [1.807, 2.05) is 6.92 Å². The third kappa shape index (κ3) is 3.34. The van der Waals surface area contributed by atoms with Gasteiger partial charge in [-0.05, 0) is 25.8 Å². The Morgan fingerprint density at radius 2 is 2.13 bits per heavy atom. The normalized spacial score (nSPS) is 18.0. The van der Waals surface area contributed by atoms with Gasteiger partial charge in [-0.25, -0.2) is 19.9 Å². The predicted octanol–water partition coefficient (Wildman–Crippen LogP) is 1.09. The van der Waals surface area contributed by atoms with Gasteiger partial charge < -0.3 is 10.0 Å². The zero-order valence-electron chi connectivity index (χ0n) is 13.0. The van der Waals surface area contributed by atoms with Crippen LogP contribution in [0.15, 0.2) is 24.7 Å². The number of nitrogens with zero attached hydrogens (tertiary/aromatic N) is 5. The largest absolute Gasteiger partial charge is 0.392 e. The van der Waals surface area contributed by atoms with Crippen molar-refractivity contribution in [2.45, 2.75) is 32.3 Å². The summed E-state index contributed by atoms with van der Waals surface area (Å²) in [5, 5.41) is 9.51. The molecule has 1 amide bonds. The molecule has 120 valence electrons. The molecule has 1 atom stereocenters. The van der Waals surface area contributed by atoms with Gasteiger partial charge in [-0.2, -0.15) is 0 Å². The number of piperidine rings is 1. The number of aryl methyl sites for hydroxylation is 1. The van der Waals surface area contributed by atoms with E-state index in [1.54, 1.807) is 29.6 Å². The first kappa shape index (κ1) is 15.5. The van der Waals surface area contributed by atoms with Crippen LogP contribution in [0.4, 0.5) is 0 Å². The Morgan fingerprint density at radius 1 is 1.35 bits per heavy atom. The fourth-order valence-electron chi connectivity index (χ4n) is 2.92. The molecule has 0 spiro atoms. The van der Waals surface area contributed by atoms with Crippen molar-refractivity contribution in [1.82, 2.24) is 24.8 Å². The van der Waals surface area contributed by atoms with Gasteiger partial charge >= 0.3 is 0 Å². The number of aliphatic hydroxyl groups is 1. The van der Waals surface area contributed by atoms with Crippen LogP contribution in [0.2, 0.25) is 0 Å². The lowest BCUT2D eigenvalue weighted by Crippen LogP contribution is -2.40. The highest BCUT2D eigenvalue weighted by Crippen LogP contribution is 2.28. The van der Waals surface area contributed by atoms with E-state index < -0.39 is 0 Å². The van der Waals surface area contributed by atoms with Crippen molar-refractivity contribution in [3.8, 4) is 0 Å². The number of rotatable bonds is 3. The summed E-state index contributed by atoms with van der Waals surface area (Å²) >= 11 is 0. The number of hydrogen-bond donors (Lipinski definition) is 1.